The van der Waals surface area contributed by atoms with Crippen molar-refractivity contribution in [3.05, 3.63) is 0 Å². The molecule has 0 saturated carbocycles. The molecule has 0 aliphatic heterocycles. The van der Waals surface area contributed by atoms with E-state index in [0.717, 1.165) is 6.54 Å². The second-order valence-corrected chi connectivity index (χ2v) is 2.51. The largest absolute Gasteiger partial charge is 0.396 e. The molecule has 0 amide bonds. The fourth-order valence-electron chi connectivity index (χ4n) is 0.681. The number of hydrogen-bond donors (Lipinski definition) is 2. The number of nitrogens with one attached hydrogen (secondary N) is 1. The van der Waals surface area contributed by atoms with Crippen molar-refractivity contribution < 1.29 is 5.11 Å². The van der Waals surface area contributed by atoms with Gasteiger partial charge in [-0.05, 0) is 19.4 Å². The smallest absolute Gasteiger partial charge is 0.0471 e. The van der Waals surface area contributed by atoms with E-state index < -0.39 is 0 Å². The molecule has 0 aromatic rings. The molecule has 2 N–H and O–H groups in total. The average molecular weight is 131 g/mol. The first kappa shape index (κ1) is 8.92. The predicted octanol–water partition coefficient (Wildman–Crippen LogP) is 0.613. The summed E-state index contributed by atoms with van der Waals surface area (Å²) in [7, 11) is 0. The predicted molar refractivity (Wildman–Crippen MR) is 39.4 cm³/mol. The highest BCUT2D eigenvalue weighted by Gasteiger charge is 2.07. The van der Waals surface area contributed by atoms with Gasteiger partial charge in [-0.15, -0.1) is 0 Å². The van der Waals surface area contributed by atoms with E-state index in [1.54, 1.807) is 0 Å². The summed E-state index contributed by atoms with van der Waals surface area (Å²) in [4.78, 5) is 0. The van der Waals surface area contributed by atoms with Crippen LogP contribution in [0.3, 0.4) is 0 Å². The van der Waals surface area contributed by atoms with Crippen molar-refractivity contribution in [2.75, 3.05) is 13.2 Å². The third kappa shape index (κ3) is 3.49. The van der Waals surface area contributed by atoms with Gasteiger partial charge in [-0.25, -0.2) is 0 Å². The van der Waals surface area contributed by atoms with Crippen molar-refractivity contribution in [3.8, 4) is 0 Å². The molecule has 0 spiro atoms. The molecule has 2 nitrogen and oxygen atoms in total. The molecule has 0 bridgehead atoms. The lowest BCUT2D eigenvalue weighted by Gasteiger charge is -2.17. The van der Waals surface area contributed by atoms with Crippen molar-refractivity contribution in [2.45, 2.75) is 26.8 Å². The van der Waals surface area contributed by atoms with Crippen LogP contribution in [0.1, 0.15) is 20.8 Å². The van der Waals surface area contributed by atoms with Gasteiger partial charge in [0, 0.05) is 12.6 Å². The van der Waals surface area contributed by atoms with Gasteiger partial charge in [0.1, 0.15) is 0 Å². The van der Waals surface area contributed by atoms with Crippen molar-refractivity contribution in [3.63, 3.8) is 0 Å². The second kappa shape index (κ2) is 4.77. The molecular weight excluding hydrogens is 114 g/mol. The van der Waals surface area contributed by atoms with Crippen molar-refractivity contribution >= 4 is 0 Å². The van der Waals surface area contributed by atoms with E-state index in [2.05, 4.69) is 19.2 Å². The molecule has 0 rings (SSSR count). The summed E-state index contributed by atoms with van der Waals surface area (Å²) in [6.45, 7) is 7.44. The monoisotopic (exact) mass is 131 g/mol. The first-order chi connectivity index (χ1) is 4.22. The SMILES string of the molecule is CCNC(C)C(C)CO. The minimum absolute atomic E-state index is 0.272. The fraction of sp³-hybridized carbons (Fsp3) is 1.00. The maximum atomic E-state index is 8.69. The summed E-state index contributed by atoms with van der Waals surface area (Å²) in [6, 6.07) is 0.431. The first-order valence-electron chi connectivity index (χ1n) is 3.56. The third-order valence-corrected chi connectivity index (χ3v) is 1.67. The lowest BCUT2D eigenvalue weighted by atomic mass is 10.1. The number of aliphatic hydroxyl groups is 1. The van der Waals surface area contributed by atoms with E-state index in [-0.39, 0.29) is 6.61 Å². The summed E-state index contributed by atoms with van der Waals surface area (Å²) in [5.74, 6) is 0.366. The maximum absolute atomic E-state index is 8.69. The summed E-state index contributed by atoms with van der Waals surface area (Å²) in [6.07, 6.45) is 0. The molecule has 9 heavy (non-hydrogen) atoms. The molecule has 0 saturated heterocycles. The number of aliphatic hydroxyl groups excluding tert-OH is 1. The molecule has 0 aliphatic rings. The van der Waals surface area contributed by atoms with Gasteiger partial charge in [0.15, 0.2) is 0 Å². The Balaban J connectivity index is 3.32. The van der Waals surface area contributed by atoms with E-state index in [1.807, 2.05) is 6.92 Å². The van der Waals surface area contributed by atoms with Crippen LogP contribution in [0.15, 0.2) is 0 Å². The molecule has 0 heterocycles. The highest BCUT2D eigenvalue weighted by atomic mass is 16.3. The fourth-order valence-corrected chi connectivity index (χ4v) is 0.681. The molecule has 0 radical (unpaired) electrons. The van der Waals surface area contributed by atoms with Crippen LogP contribution in [0.4, 0.5) is 0 Å². The Labute approximate surface area is 57.3 Å². The van der Waals surface area contributed by atoms with Gasteiger partial charge in [0.05, 0.1) is 0 Å². The quantitative estimate of drug-likeness (QED) is 0.586. The van der Waals surface area contributed by atoms with E-state index in [4.69, 9.17) is 5.11 Å². The number of rotatable bonds is 4. The summed E-state index contributed by atoms with van der Waals surface area (Å²) < 4.78 is 0. The van der Waals surface area contributed by atoms with Gasteiger partial charge < -0.3 is 10.4 Å². The summed E-state index contributed by atoms with van der Waals surface area (Å²) in [5, 5.41) is 11.9. The van der Waals surface area contributed by atoms with Crippen LogP contribution >= 0.6 is 0 Å². The Morgan fingerprint density at radius 3 is 2.33 bits per heavy atom. The van der Waals surface area contributed by atoms with Crippen LogP contribution < -0.4 is 5.32 Å². The molecule has 0 aromatic heterocycles. The van der Waals surface area contributed by atoms with E-state index in [9.17, 15) is 0 Å². The van der Waals surface area contributed by atoms with E-state index >= 15 is 0 Å². The molecule has 0 fully saturated rings. The average Bonchev–Trinajstić information content (AvgIpc) is 1.87. The Morgan fingerprint density at radius 1 is 1.44 bits per heavy atom. The minimum atomic E-state index is 0.272. The normalized spacial score (nSPS) is 17.3. The first-order valence-corrected chi connectivity index (χ1v) is 3.56. The van der Waals surface area contributed by atoms with Crippen LogP contribution in [0.25, 0.3) is 0 Å². The topological polar surface area (TPSA) is 32.3 Å². The number of hydrogen-bond acceptors (Lipinski definition) is 2. The van der Waals surface area contributed by atoms with Crippen LogP contribution in [-0.4, -0.2) is 24.3 Å². The van der Waals surface area contributed by atoms with E-state index in [0.29, 0.717) is 12.0 Å². The summed E-state index contributed by atoms with van der Waals surface area (Å²) in [5.41, 5.74) is 0. The van der Waals surface area contributed by atoms with Gasteiger partial charge in [0.25, 0.3) is 0 Å². The third-order valence-electron chi connectivity index (χ3n) is 1.67. The van der Waals surface area contributed by atoms with Crippen molar-refractivity contribution in [1.29, 1.82) is 0 Å². The second-order valence-electron chi connectivity index (χ2n) is 2.51. The maximum Gasteiger partial charge on any atom is 0.0471 e. The zero-order valence-electron chi connectivity index (χ0n) is 6.52. The Kier molecular flexibility index (Phi) is 4.72. The Hall–Kier alpha value is -0.0800. The van der Waals surface area contributed by atoms with Crippen LogP contribution in [0, 0.1) is 5.92 Å². The van der Waals surface area contributed by atoms with Gasteiger partial charge in [-0.3, -0.25) is 0 Å². The van der Waals surface area contributed by atoms with Gasteiger partial charge in [0.2, 0.25) is 0 Å². The van der Waals surface area contributed by atoms with Crippen LogP contribution in [0.2, 0.25) is 0 Å². The molecule has 2 heteroatoms. The molecule has 0 aliphatic carbocycles. The van der Waals surface area contributed by atoms with Gasteiger partial charge in [-0.2, -0.15) is 0 Å². The van der Waals surface area contributed by atoms with Crippen LogP contribution in [0.5, 0.6) is 0 Å². The zero-order chi connectivity index (χ0) is 7.28. The molecular formula is C7H17NO. The molecule has 0 aromatic carbocycles. The lowest BCUT2D eigenvalue weighted by molar-refractivity contribution is 0.208. The van der Waals surface area contributed by atoms with E-state index in [1.165, 1.54) is 0 Å². The van der Waals surface area contributed by atoms with Crippen molar-refractivity contribution in [1.82, 2.24) is 5.32 Å². The van der Waals surface area contributed by atoms with Crippen molar-refractivity contribution in [2.24, 2.45) is 5.92 Å². The molecule has 2 unspecified atom stereocenters. The Morgan fingerprint density at radius 2 is 2.00 bits per heavy atom. The highest BCUT2D eigenvalue weighted by molar-refractivity contribution is 4.65. The zero-order valence-corrected chi connectivity index (χ0v) is 6.52. The molecule has 2 atom stereocenters. The van der Waals surface area contributed by atoms with Gasteiger partial charge >= 0.3 is 0 Å². The van der Waals surface area contributed by atoms with Gasteiger partial charge in [-0.1, -0.05) is 13.8 Å². The summed E-state index contributed by atoms with van der Waals surface area (Å²) >= 11 is 0. The standard InChI is InChI=1S/C7H17NO/c1-4-8-7(3)6(2)5-9/h6-9H,4-5H2,1-3H3. The molecule has 56 valence electrons. The lowest BCUT2D eigenvalue weighted by Crippen LogP contribution is -2.33. The minimum Gasteiger partial charge on any atom is -0.396 e. The van der Waals surface area contributed by atoms with Crippen LogP contribution in [-0.2, 0) is 0 Å². The highest BCUT2D eigenvalue weighted by Crippen LogP contribution is 1.98. The Bertz CT molecular complexity index is 65.9.